The molecule has 0 fully saturated rings. The van der Waals surface area contributed by atoms with Crippen molar-refractivity contribution in [1.82, 2.24) is 4.98 Å². The van der Waals surface area contributed by atoms with E-state index in [0.29, 0.717) is 23.8 Å². The highest BCUT2D eigenvalue weighted by Crippen LogP contribution is 2.33. The van der Waals surface area contributed by atoms with Crippen molar-refractivity contribution in [3.63, 3.8) is 0 Å². The van der Waals surface area contributed by atoms with Gasteiger partial charge in [-0.1, -0.05) is 6.92 Å². The molecule has 0 aliphatic heterocycles. The highest BCUT2D eigenvalue weighted by molar-refractivity contribution is 7.13. The van der Waals surface area contributed by atoms with Gasteiger partial charge in [0.2, 0.25) is 0 Å². The Balaban J connectivity index is 2.33. The minimum atomic E-state index is 0.451. The maximum Gasteiger partial charge on any atom is 0.169 e. The van der Waals surface area contributed by atoms with Crippen molar-refractivity contribution in [2.45, 2.75) is 13.3 Å². The predicted molar refractivity (Wildman–Crippen MR) is 75.3 cm³/mol. The summed E-state index contributed by atoms with van der Waals surface area (Å²) in [6.07, 6.45) is 1.68. The summed E-state index contributed by atoms with van der Waals surface area (Å²) in [7, 11) is 1.61. The molecule has 1 aromatic carbocycles. The van der Waals surface area contributed by atoms with E-state index in [4.69, 9.17) is 9.47 Å². The molecule has 5 heteroatoms. The average Bonchev–Trinajstić information content (AvgIpc) is 2.93. The number of rotatable bonds is 6. The number of methoxy groups -OCH3 is 1. The van der Waals surface area contributed by atoms with Gasteiger partial charge in [0.05, 0.1) is 13.7 Å². The lowest BCUT2D eigenvalue weighted by molar-refractivity contribution is 0.111. The van der Waals surface area contributed by atoms with Gasteiger partial charge in [0.15, 0.2) is 17.8 Å². The molecule has 19 heavy (non-hydrogen) atoms. The summed E-state index contributed by atoms with van der Waals surface area (Å²) in [4.78, 5) is 14.9. The first-order valence-electron chi connectivity index (χ1n) is 6.00. The minimum Gasteiger partial charge on any atom is -0.493 e. The van der Waals surface area contributed by atoms with Gasteiger partial charge in [-0.25, -0.2) is 4.98 Å². The van der Waals surface area contributed by atoms with E-state index in [0.717, 1.165) is 23.3 Å². The van der Waals surface area contributed by atoms with E-state index < -0.39 is 0 Å². The molecule has 0 radical (unpaired) electrons. The molecule has 0 atom stereocenters. The van der Waals surface area contributed by atoms with Crippen molar-refractivity contribution in [2.24, 2.45) is 0 Å². The molecule has 1 heterocycles. The van der Waals surface area contributed by atoms with E-state index in [9.17, 15) is 4.79 Å². The summed E-state index contributed by atoms with van der Waals surface area (Å²) in [5, 5.41) is 2.53. The number of carbonyl (C=O) groups is 1. The monoisotopic (exact) mass is 277 g/mol. The number of ether oxygens (including phenoxy) is 2. The van der Waals surface area contributed by atoms with Gasteiger partial charge in [-0.15, -0.1) is 11.3 Å². The smallest absolute Gasteiger partial charge is 0.169 e. The topological polar surface area (TPSA) is 48.4 Å². The molecule has 100 valence electrons. The van der Waals surface area contributed by atoms with Crippen molar-refractivity contribution in [2.75, 3.05) is 13.7 Å². The molecular formula is C14H15NO3S. The van der Waals surface area contributed by atoms with E-state index in [1.807, 2.05) is 25.1 Å². The number of thiazole rings is 1. The van der Waals surface area contributed by atoms with Crippen LogP contribution in [-0.4, -0.2) is 25.0 Å². The van der Waals surface area contributed by atoms with Gasteiger partial charge in [0, 0.05) is 10.9 Å². The normalized spacial score (nSPS) is 10.2. The molecule has 1 aromatic heterocycles. The Morgan fingerprint density at radius 3 is 2.84 bits per heavy atom. The van der Waals surface area contributed by atoms with Crippen LogP contribution in [0.5, 0.6) is 11.5 Å². The van der Waals surface area contributed by atoms with E-state index in [2.05, 4.69) is 4.98 Å². The molecule has 0 bridgehead atoms. The van der Waals surface area contributed by atoms with Crippen LogP contribution in [0.15, 0.2) is 23.6 Å². The third kappa shape index (κ3) is 3.12. The number of nitrogens with zero attached hydrogens (tertiary/aromatic N) is 1. The molecule has 0 spiro atoms. The van der Waals surface area contributed by atoms with Crippen molar-refractivity contribution in [1.29, 1.82) is 0 Å². The quantitative estimate of drug-likeness (QED) is 0.759. The second kappa shape index (κ2) is 6.33. The molecule has 0 aliphatic rings. The lowest BCUT2D eigenvalue weighted by atomic mass is 10.2. The SMILES string of the molecule is CCCOc1cc(-c2nc(C=O)cs2)ccc1OC. The van der Waals surface area contributed by atoms with Crippen molar-refractivity contribution >= 4 is 17.6 Å². The Bertz CT molecular complexity index is 566. The van der Waals surface area contributed by atoms with Gasteiger partial charge in [0.1, 0.15) is 10.7 Å². The van der Waals surface area contributed by atoms with Gasteiger partial charge >= 0.3 is 0 Å². The number of hydrogen-bond donors (Lipinski definition) is 0. The minimum absolute atomic E-state index is 0.451. The molecule has 2 rings (SSSR count). The third-order valence-corrected chi connectivity index (χ3v) is 3.42. The maximum atomic E-state index is 10.7. The zero-order valence-electron chi connectivity index (χ0n) is 10.9. The van der Waals surface area contributed by atoms with E-state index in [-0.39, 0.29) is 0 Å². The van der Waals surface area contributed by atoms with Crippen LogP contribution in [0.3, 0.4) is 0 Å². The van der Waals surface area contributed by atoms with E-state index >= 15 is 0 Å². The summed E-state index contributed by atoms with van der Waals surface area (Å²) < 4.78 is 10.9. The first kappa shape index (κ1) is 13.5. The predicted octanol–water partition coefficient (Wildman–Crippen LogP) is 3.42. The summed E-state index contributed by atoms with van der Waals surface area (Å²) in [6, 6.07) is 5.65. The number of aldehydes is 1. The summed E-state index contributed by atoms with van der Waals surface area (Å²) >= 11 is 1.43. The molecular weight excluding hydrogens is 262 g/mol. The van der Waals surface area contributed by atoms with Crippen LogP contribution in [0.4, 0.5) is 0 Å². The van der Waals surface area contributed by atoms with Crippen LogP contribution >= 0.6 is 11.3 Å². The Kier molecular flexibility index (Phi) is 4.52. The fraction of sp³-hybridized carbons (Fsp3) is 0.286. The molecule has 0 saturated carbocycles. The summed E-state index contributed by atoms with van der Waals surface area (Å²) in [5.74, 6) is 1.40. The molecule has 2 aromatic rings. The van der Waals surface area contributed by atoms with Gasteiger partial charge in [0.25, 0.3) is 0 Å². The number of benzene rings is 1. The first-order valence-corrected chi connectivity index (χ1v) is 6.88. The van der Waals surface area contributed by atoms with Gasteiger partial charge in [-0.05, 0) is 24.6 Å². The Labute approximate surface area is 116 Å². The van der Waals surface area contributed by atoms with E-state index in [1.165, 1.54) is 11.3 Å². The largest absolute Gasteiger partial charge is 0.493 e. The zero-order valence-corrected chi connectivity index (χ0v) is 11.7. The number of aromatic nitrogens is 1. The van der Waals surface area contributed by atoms with Crippen LogP contribution in [0.25, 0.3) is 10.6 Å². The van der Waals surface area contributed by atoms with Crippen LogP contribution in [0.1, 0.15) is 23.8 Å². The lowest BCUT2D eigenvalue weighted by Gasteiger charge is -2.10. The van der Waals surface area contributed by atoms with Crippen LogP contribution in [0.2, 0.25) is 0 Å². The zero-order chi connectivity index (χ0) is 13.7. The summed E-state index contributed by atoms with van der Waals surface area (Å²) in [5.41, 5.74) is 1.37. The average molecular weight is 277 g/mol. The second-order valence-corrected chi connectivity index (χ2v) is 4.77. The Morgan fingerprint density at radius 1 is 1.37 bits per heavy atom. The standard InChI is InChI=1S/C14H15NO3S/c1-3-6-18-13-7-10(4-5-12(13)17-2)14-15-11(8-16)9-19-14/h4-5,7-9H,3,6H2,1-2H3. The van der Waals surface area contributed by atoms with Crippen molar-refractivity contribution < 1.29 is 14.3 Å². The number of hydrogen-bond acceptors (Lipinski definition) is 5. The molecule has 0 N–H and O–H groups in total. The van der Waals surface area contributed by atoms with E-state index in [1.54, 1.807) is 12.5 Å². The highest BCUT2D eigenvalue weighted by atomic mass is 32.1. The van der Waals surface area contributed by atoms with Gasteiger partial charge in [-0.2, -0.15) is 0 Å². The first-order chi connectivity index (χ1) is 9.28. The molecule has 4 nitrogen and oxygen atoms in total. The van der Waals surface area contributed by atoms with Gasteiger partial charge < -0.3 is 9.47 Å². The number of carbonyl (C=O) groups excluding carboxylic acids is 1. The maximum absolute atomic E-state index is 10.7. The molecule has 0 aliphatic carbocycles. The lowest BCUT2D eigenvalue weighted by Crippen LogP contribution is -1.98. The highest BCUT2D eigenvalue weighted by Gasteiger charge is 2.09. The van der Waals surface area contributed by atoms with Crippen LogP contribution < -0.4 is 9.47 Å². The van der Waals surface area contributed by atoms with Crippen molar-refractivity contribution in [3.05, 3.63) is 29.3 Å². The van der Waals surface area contributed by atoms with Crippen LogP contribution in [0, 0.1) is 0 Å². The van der Waals surface area contributed by atoms with Gasteiger partial charge in [-0.3, -0.25) is 4.79 Å². The third-order valence-electron chi connectivity index (χ3n) is 2.51. The Morgan fingerprint density at radius 2 is 2.21 bits per heavy atom. The second-order valence-electron chi connectivity index (χ2n) is 3.91. The Hall–Kier alpha value is -1.88. The molecule has 0 unspecified atom stereocenters. The van der Waals surface area contributed by atoms with Crippen LogP contribution in [-0.2, 0) is 0 Å². The fourth-order valence-corrected chi connectivity index (χ4v) is 2.37. The molecule has 0 saturated heterocycles. The fourth-order valence-electron chi connectivity index (χ4n) is 1.61. The molecule has 0 amide bonds. The summed E-state index contributed by atoms with van der Waals surface area (Å²) in [6.45, 7) is 2.69. The van der Waals surface area contributed by atoms with Crippen molar-refractivity contribution in [3.8, 4) is 22.1 Å².